The molecule has 0 aliphatic carbocycles. The molecule has 2 rings (SSSR count). The van der Waals surface area contributed by atoms with Crippen molar-refractivity contribution in [3.05, 3.63) is 35.9 Å². The van der Waals surface area contributed by atoms with Gasteiger partial charge in [0.2, 0.25) is 0 Å². The summed E-state index contributed by atoms with van der Waals surface area (Å²) >= 11 is 2.43. The lowest BCUT2D eigenvalue weighted by atomic mass is 9.97. The van der Waals surface area contributed by atoms with Gasteiger partial charge in [-0.15, -0.1) is 0 Å². The van der Waals surface area contributed by atoms with E-state index in [4.69, 9.17) is 5.11 Å². The number of aliphatic carboxylic acids is 1. The minimum absolute atomic E-state index is 0.0919. The first-order chi connectivity index (χ1) is 8.93. The fraction of sp³-hybridized carbons (Fsp3) is 0.533. The first-order valence-corrected chi connectivity index (χ1v) is 7.73. The Hall–Kier alpha value is -0.620. The number of nitrogens with zero attached hydrogens (tertiary/aromatic N) is 1. The van der Waals surface area contributed by atoms with E-state index in [0.29, 0.717) is 6.04 Å². The molecule has 4 heteroatoms. The number of hydrogen-bond donors (Lipinski definition) is 1. The van der Waals surface area contributed by atoms with Crippen LogP contribution < -0.4 is 0 Å². The van der Waals surface area contributed by atoms with Crippen LogP contribution >= 0.6 is 22.6 Å². The molecular formula is C15H20INO2. The van der Waals surface area contributed by atoms with E-state index in [9.17, 15) is 4.79 Å². The summed E-state index contributed by atoms with van der Waals surface area (Å²) in [6.07, 6.45) is 1.22. The van der Waals surface area contributed by atoms with Crippen LogP contribution in [0, 0.1) is 5.92 Å². The third kappa shape index (κ3) is 3.11. The highest BCUT2D eigenvalue weighted by molar-refractivity contribution is 14.1. The fourth-order valence-corrected chi connectivity index (χ4v) is 4.19. The van der Waals surface area contributed by atoms with Gasteiger partial charge in [-0.25, -0.2) is 0 Å². The molecule has 1 aliphatic heterocycles. The van der Waals surface area contributed by atoms with Crippen molar-refractivity contribution in [1.82, 2.24) is 4.90 Å². The summed E-state index contributed by atoms with van der Waals surface area (Å²) in [5.41, 5.74) is 1.29. The molecule has 1 aliphatic rings. The van der Waals surface area contributed by atoms with Crippen molar-refractivity contribution in [3.63, 3.8) is 0 Å². The third-order valence-electron chi connectivity index (χ3n) is 4.20. The molecule has 1 heterocycles. The second-order valence-electron chi connectivity index (χ2n) is 5.39. The van der Waals surface area contributed by atoms with Crippen molar-refractivity contribution in [2.45, 2.75) is 36.3 Å². The second kappa shape index (κ2) is 5.79. The standard InChI is InChI=1S/C15H20INO2/c1-11(12-6-4-3-5-7-12)17-9-8-13(10-14(18)19)15(17,2)16/h3-7,11,13H,8-10H2,1-2H3,(H,18,19)/t11-,13+,15?/m0/s1. The molecule has 1 aromatic rings. The maximum atomic E-state index is 11.0. The Morgan fingerprint density at radius 2 is 2.16 bits per heavy atom. The maximum absolute atomic E-state index is 11.0. The van der Waals surface area contributed by atoms with Crippen LogP contribution in [0.5, 0.6) is 0 Å². The monoisotopic (exact) mass is 373 g/mol. The first kappa shape index (κ1) is 14.8. The summed E-state index contributed by atoms with van der Waals surface area (Å²) in [5, 5.41) is 9.03. The number of alkyl halides is 1. The fourth-order valence-electron chi connectivity index (χ4n) is 2.99. The van der Waals surface area contributed by atoms with Crippen molar-refractivity contribution >= 4 is 28.6 Å². The lowest BCUT2D eigenvalue weighted by Gasteiger charge is -2.38. The zero-order chi connectivity index (χ0) is 14.0. The number of carboxylic acids is 1. The van der Waals surface area contributed by atoms with E-state index in [1.165, 1.54) is 5.56 Å². The van der Waals surface area contributed by atoms with E-state index in [1.807, 2.05) is 6.07 Å². The van der Waals surface area contributed by atoms with Gasteiger partial charge in [-0.1, -0.05) is 52.9 Å². The Balaban J connectivity index is 2.16. The molecule has 1 unspecified atom stereocenters. The Labute approximate surface area is 128 Å². The first-order valence-electron chi connectivity index (χ1n) is 6.65. The van der Waals surface area contributed by atoms with Crippen LogP contribution in [0.1, 0.15) is 38.3 Å². The molecule has 0 aromatic heterocycles. The highest BCUT2D eigenvalue weighted by Crippen LogP contribution is 2.46. The number of hydrogen-bond acceptors (Lipinski definition) is 2. The molecule has 0 amide bonds. The van der Waals surface area contributed by atoms with Crippen LogP contribution in [-0.4, -0.2) is 26.1 Å². The number of rotatable bonds is 4. The lowest BCUT2D eigenvalue weighted by Crippen LogP contribution is -2.41. The number of carbonyl (C=O) groups is 1. The molecule has 0 saturated carbocycles. The molecule has 1 fully saturated rings. The molecule has 0 radical (unpaired) electrons. The van der Waals surface area contributed by atoms with Gasteiger partial charge in [-0.05, 0) is 31.7 Å². The summed E-state index contributed by atoms with van der Waals surface area (Å²) in [5.74, 6) is -0.473. The zero-order valence-corrected chi connectivity index (χ0v) is 13.5. The van der Waals surface area contributed by atoms with Crippen LogP contribution in [0.2, 0.25) is 0 Å². The van der Waals surface area contributed by atoms with Crippen molar-refractivity contribution in [3.8, 4) is 0 Å². The van der Waals surface area contributed by atoms with Crippen molar-refractivity contribution in [1.29, 1.82) is 0 Å². The average Bonchev–Trinajstić information content (AvgIpc) is 2.65. The van der Waals surface area contributed by atoms with Crippen molar-refractivity contribution in [2.24, 2.45) is 5.92 Å². The SMILES string of the molecule is C[C@@H](c1ccccc1)N1CC[C@H](CC(=O)O)C1(C)I. The zero-order valence-electron chi connectivity index (χ0n) is 11.3. The summed E-state index contributed by atoms with van der Waals surface area (Å²) in [4.78, 5) is 13.4. The van der Waals surface area contributed by atoms with Crippen molar-refractivity contribution < 1.29 is 9.90 Å². The van der Waals surface area contributed by atoms with Gasteiger partial charge >= 0.3 is 5.97 Å². The number of carboxylic acid groups (broad SMARTS) is 1. The predicted molar refractivity (Wildman–Crippen MR) is 84.3 cm³/mol. The maximum Gasteiger partial charge on any atom is 0.303 e. The Kier molecular flexibility index (Phi) is 4.50. The smallest absolute Gasteiger partial charge is 0.303 e. The second-order valence-corrected chi connectivity index (χ2v) is 7.57. The van der Waals surface area contributed by atoms with E-state index in [-0.39, 0.29) is 15.9 Å². The predicted octanol–water partition coefficient (Wildman–Crippen LogP) is 3.70. The highest BCUT2D eigenvalue weighted by Gasteiger charge is 2.45. The third-order valence-corrected chi connectivity index (χ3v) is 5.70. The Morgan fingerprint density at radius 3 is 2.74 bits per heavy atom. The van der Waals surface area contributed by atoms with Crippen LogP contribution in [-0.2, 0) is 4.79 Å². The van der Waals surface area contributed by atoms with Crippen LogP contribution in [0.15, 0.2) is 30.3 Å². The molecule has 19 heavy (non-hydrogen) atoms. The molecule has 1 N–H and O–H groups in total. The minimum atomic E-state index is -0.692. The topological polar surface area (TPSA) is 40.5 Å². The normalized spacial score (nSPS) is 29.3. The Morgan fingerprint density at radius 1 is 1.53 bits per heavy atom. The molecular weight excluding hydrogens is 353 g/mol. The van der Waals surface area contributed by atoms with Crippen LogP contribution in [0.3, 0.4) is 0 Å². The molecule has 0 bridgehead atoms. The van der Waals surface area contributed by atoms with Gasteiger partial charge in [0, 0.05) is 12.6 Å². The van der Waals surface area contributed by atoms with E-state index in [2.05, 4.69) is 65.6 Å². The van der Waals surface area contributed by atoms with E-state index in [1.54, 1.807) is 0 Å². The quantitative estimate of drug-likeness (QED) is 0.497. The largest absolute Gasteiger partial charge is 0.481 e. The molecule has 3 nitrogen and oxygen atoms in total. The van der Waals surface area contributed by atoms with Crippen LogP contribution in [0.4, 0.5) is 0 Å². The van der Waals surface area contributed by atoms with Gasteiger partial charge in [0.05, 0.1) is 9.97 Å². The molecule has 104 valence electrons. The van der Waals surface area contributed by atoms with Gasteiger partial charge < -0.3 is 5.11 Å². The van der Waals surface area contributed by atoms with E-state index >= 15 is 0 Å². The molecule has 0 spiro atoms. The van der Waals surface area contributed by atoms with Gasteiger partial charge in [-0.3, -0.25) is 9.69 Å². The molecule has 3 atom stereocenters. The summed E-state index contributed by atoms with van der Waals surface area (Å²) in [7, 11) is 0. The van der Waals surface area contributed by atoms with Gasteiger partial charge in [0.1, 0.15) is 0 Å². The van der Waals surface area contributed by atoms with E-state index in [0.717, 1.165) is 13.0 Å². The van der Waals surface area contributed by atoms with Gasteiger partial charge in [0.15, 0.2) is 0 Å². The number of benzene rings is 1. The number of halogens is 1. The lowest BCUT2D eigenvalue weighted by molar-refractivity contribution is -0.138. The molecule has 1 saturated heterocycles. The summed E-state index contributed by atoms with van der Waals surface area (Å²) in [6, 6.07) is 10.7. The number of likely N-dealkylation sites (tertiary alicyclic amines) is 1. The Bertz CT molecular complexity index is 447. The van der Waals surface area contributed by atoms with Gasteiger partial charge in [0.25, 0.3) is 0 Å². The van der Waals surface area contributed by atoms with Crippen molar-refractivity contribution in [2.75, 3.05) is 6.54 Å². The minimum Gasteiger partial charge on any atom is -0.481 e. The average molecular weight is 373 g/mol. The highest BCUT2D eigenvalue weighted by atomic mass is 127. The summed E-state index contributed by atoms with van der Waals surface area (Å²) < 4.78 is -0.0919. The molecule has 1 aromatic carbocycles. The van der Waals surface area contributed by atoms with Crippen LogP contribution in [0.25, 0.3) is 0 Å². The van der Waals surface area contributed by atoms with E-state index < -0.39 is 5.97 Å². The summed E-state index contributed by atoms with van der Waals surface area (Å²) in [6.45, 7) is 5.33. The van der Waals surface area contributed by atoms with Gasteiger partial charge in [-0.2, -0.15) is 0 Å².